The van der Waals surface area contributed by atoms with E-state index < -0.39 is 0 Å². The standard InChI is InChI=1S/C21H24N2O3/c1-22-19-5-3-2-4-17(19)18-10-15(6-7-20(18)22)11-21(25)23-8-9-26-14-16(12-23)13-24/h2-7,10,16,24H,8-9,11-14H2,1H3. The van der Waals surface area contributed by atoms with Crippen LogP contribution in [0.3, 0.4) is 0 Å². The Kier molecular flexibility index (Phi) is 4.66. The summed E-state index contributed by atoms with van der Waals surface area (Å²) in [5.41, 5.74) is 3.39. The van der Waals surface area contributed by atoms with Crippen molar-refractivity contribution in [2.45, 2.75) is 6.42 Å². The van der Waals surface area contributed by atoms with E-state index in [0.717, 1.165) is 5.56 Å². The molecule has 2 aromatic carbocycles. The largest absolute Gasteiger partial charge is 0.396 e. The highest BCUT2D eigenvalue weighted by Crippen LogP contribution is 2.28. The number of carbonyl (C=O) groups excluding carboxylic acids is 1. The minimum Gasteiger partial charge on any atom is -0.396 e. The first-order chi connectivity index (χ1) is 12.7. The molecule has 0 spiro atoms. The lowest BCUT2D eigenvalue weighted by atomic mass is 10.1. The van der Waals surface area contributed by atoms with E-state index >= 15 is 0 Å². The summed E-state index contributed by atoms with van der Waals surface area (Å²) in [4.78, 5) is 14.6. The molecule has 136 valence electrons. The Bertz CT molecular complexity index is 947. The summed E-state index contributed by atoms with van der Waals surface area (Å²) in [6.07, 6.45) is 0.372. The molecule has 5 heteroatoms. The van der Waals surface area contributed by atoms with Gasteiger partial charge >= 0.3 is 0 Å². The third-order valence-corrected chi connectivity index (χ3v) is 5.28. The number of aromatic nitrogens is 1. The van der Waals surface area contributed by atoms with Gasteiger partial charge < -0.3 is 19.3 Å². The minimum atomic E-state index is 0.00185. The summed E-state index contributed by atoms with van der Waals surface area (Å²) in [5.74, 6) is 0.0931. The van der Waals surface area contributed by atoms with E-state index in [-0.39, 0.29) is 18.4 Å². The van der Waals surface area contributed by atoms with E-state index in [9.17, 15) is 9.90 Å². The normalized spacial score (nSPS) is 18.4. The number of aliphatic hydroxyl groups excluding tert-OH is 1. The van der Waals surface area contributed by atoms with Crippen molar-refractivity contribution >= 4 is 27.7 Å². The van der Waals surface area contributed by atoms with Crippen LogP contribution in [0.1, 0.15) is 5.56 Å². The molecular weight excluding hydrogens is 328 g/mol. The van der Waals surface area contributed by atoms with Gasteiger partial charge in [-0.25, -0.2) is 0 Å². The van der Waals surface area contributed by atoms with Crippen molar-refractivity contribution in [2.24, 2.45) is 13.0 Å². The lowest BCUT2D eigenvalue weighted by Gasteiger charge is -2.22. The van der Waals surface area contributed by atoms with E-state index in [0.29, 0.717) is 32.7 Å². The Morgan fingerprint density at radius 3 is 2.85 bits per heavy atom. The Labute approximate surface area is 152 Å². The second-order valence-electron chi connectivity index (χ2n) is 7.07. The van der Waals surface area contributed by atoms with Crippen LogP contribution in [0.15, 0.2) is 42.5 Å². The number of nitrogens with zero attached hydrogens (tertiary/aromatic N) is 2. The molecule has 0 aliphatic carbocycles. The van der Waals surface area contributed by atoms with Crippen LogP contribution in [0.5, 0.6) is 0 Å². The Morgan fingerprint density at radius 2 is 2.00 bits per heavy atom. The van der Waals surface area contributed by atoms with Gasteiger partial charge in [0.2, 0.25) is 5.91 Å². The van der Waals surface area contributed by atoms with Crippen LogP contribution >= 0.6 is 0 Å². The Balaban J connectivity index is 1.61. The zero-order valence-corrected chi connectivity index (χ0v) is 15.0. The van der Waals surface area contributed by atoms with Crippen LogP contribution in [0.4, 0.5) is 0 Å². The molecule has 1 atom stereocenters. The molecule has 1 aliphatic rings. The van der Waals surface area contributed by atoms with Crippen molar-refractivity contribution in [3.63, 3.8) is 0 Å². The molecule has 3 aromatic rings. The number of rotatable bonds is 3. The number of hydrogen-bond acceptors (Lipinski definition) is 3. The molecule has 0 bridgehead atoms. The number of ether oxygens (including phenoxy) is 1. The van der Waals surface area contributed by atoms with E-state index in [1.165, 1.54) is 21.8 Å². The van der Waals surface area contributed by atoms with Gasteiger partial charge in [-0.2, -0.15) is 0 Å². The predicted molar refractivity (Wildman–Crippen MR) is 102 cm³/mol. The molecule has 1 aliphatic heterocycles. The topological polar surface area (TPSA) is 54.7 Å². The first kappa shape index (κ1) is 17.1. The van der Waals surface area contributed by atoms with Crippen LogP contribution in [-0.4, -0.2) is 53.4 Å². The van der Waals surface area contributed by atoms with Gasteiger partial charge in [0.1, 0.15) is 0 Å². The SMILES string of the molecule is Cn1c2ccccc2c2cc(CC(=O)N3CCOCC(CO)C3)ccc21. The molecule has 0 radical (unpaired) electrons. The van der Waals surface area contributed by atoms with E-state index in [4.69, 9.17) is 4.74 Å². The zero-order chi connectivity index (χ0) is 18.1. The van der Waals surface area contributed by atoms with Crippen LogP contribution in [0.25, 0.3) is 21.8 Å². The van der Waals surface area contributed by atoms with Gasteiger partial charge in [-0.1, -0.05) is 24.3 Å². The molecule has 5 nitrogen and oxygen atoms in total. The number of benzene rings is 2. The summed E-state index contributed by atoms with van der Waals surface area (Å²) < 4.78 is 7.67. The first-order valence-corrected chi connectivity index (χ1v) is 9.10. The highest BCUT2D eigenvalue weighted by Gasteiger charge is 2.22. The third-order valence-electron chi connectivity index (χ3n) is 5.28. The number of fused-ring (bicyclic) bond motifs is 3. The second-order valence-corrected chi connectivity index (χ2v) is 7.07. The van der Waals surface area contributed by atoms with Crippen molar-refractivity contribution in [1.82, 2.24) is 9.47 Å². The van der Waals surface area contributed by atoms with Crippen molar-refractivity contribution in [3.8, 4) is 0 Å². The molecule has 1 fully saturated rings. The van der Waals surface area contributed by atoms with E-state index in [1.807, 2.05) is 23.1 Å². The second kappa shape index (κ2) is 7.09. The van der Waals surface area contributed by atoms with Crippen LogP contribution in [-0.2, 0) is 23.0 Å². The molecular formula is C21H24N2O3. The van der Waals surface area contributed by atoms with Gasteiger partial charge in [0.05, 0.1) is 19.6 Å². The lowest BCUT2D eigenvalue weighted by molar-refractivity contribution is -0.131. The van der Waals surface area contributed by atoms with Gasteiger partial charge in [-0.15, -0.1) is 0 Å². The van der Waals surface area contributed by atoms with Gasteiger partial charge in [0.15, 0.2) is 0 Å². The number of hydrogen-bond donors (Lipinski definition) is 1. The minimum absolute atomic E-state index is 0.00185. The van der Waals surface area contributed by atoms with Crippen molar-refractivity contribution in [3.05, 3.63) is 48.0 Å². The molecule has 1 amide bonds. The maximum Gasteiger partial charge on any atom is 0.227 e. The maximum absolute atomic E-state index is 12.8. The number of aliphatic hydroxyl groups is 1. The van der Waals surface area contributed by atoms with Crippen molar-refractivity contribution < 1.29 is 14.6 Å². The van der Waals surface area contributed by atoms with E-state index in [2.05, 4.69) is 35.9 Å². The molecule has 1 aromatic heterocycles. The van der Waals surface area contributed by atoms with Crippen molar-refractivity contribution in [1.29, 1.82) is 0 Å². The maximum atomic E-state index is 12.8. The molecule has 26 heavy (non-hydrogen) atoms. The van der Waals surface area contributed by atoms with Gasteiger partial charge in [-0.3, -0.25) is 4.79 Å². The van der Waals surface area contributed by atoms with Crippen molar-refractivity contribution in [2.75, 3.05) is 32.9 Å². The third kappa shape index (κ3) is 3.08. The van der Waals surface area contributed by atoms with Crippen LogP contribution in [0, 0.1) is 5.92 Å². The lowest BCUT2D eigenvalue weighted by Crippen LogP contribution is -2.37. The zero-order valence-electron chi connectivity index (χ0n) is 15.0. The monoisotopic (exact) mass is 352 g/mol. The molecule has 1 saturated heterocycles. The van der Waals surface area contributed by atoms with Gasteiger partial charge in [0, 0.05) is 54.5 Å². The average Bonchev–Trinajstić information content (AvgIpc) is 2.83. The smallest absolute Gasteiger partial charge is 0.227 e. The highest BCUT2D eigenvalue weighted by atomic mass is 16.5. The fourth-order valence-corrected chi connectivity index (χ4v) is 3.83. The molecule has 1 unspecified atom stereocenters. The summed E-state index contributed by atoms with van der Waals surface area (Å²) >= 11 is 0. The number of aryl methyl sites for hydroxylation is 1. The molecule has 0 saturated carbocycles. The number of amides is 1. The van der Waals surface area contributed by atoms with Crippen LogP contribution < -0.4 is 0 Å². The quantitative estimate of drug-likeness (QED) is 0.787. The fourth-order valence-electron chi connectivity index (χ4n) is 3.83. The number of para-hydroxylation sites is 1. The predicted octanol–water partition coefficient (Wildman–Crippen LogP) is 2.34. The number of carbonyl (C=O) groups is 1. The highest BCUT2D eigenvalue weighted by molar-refractivity contribution is 6.08. The summed E-state index contributed by atoms with van der Waals surface area (Å²) in [6.45, 7) is 2.25. The summed E-state index contributed by atoms with van der Waals surface area (Å²) in [7, 11) is 2.07. The summed E-state index contributed by atoms with van der Waals surface area (Å²) in [6, 6.07) is 14.6. The molecule has 1 N–H and O–H groups in total. The van der Waals surface area contributed by atoms with Crippen LogP contribution in [0.2, 0.25) is 0 Å². The summed E-state index contributed by atoms with van der Waals surface area (Å²) in [5, 5.41) is 11.8. The van der Waals surface area contributed by atoms with E-state index in [1.54, 1.807) is 0 Å². The Hall–Kier alpha value is -2.37. The first-order valence-electron chi connectivity index (χ1n) is 9.10. The molecule has 4 rings (SSSR count). The Morgan fingerprint density at radius 1 is 1.19 bits per heavy atom. The van der Waals surface area contributed by atoms with Gasteiger partial charge in [-0.05, 0) is 23.8 Å². The molecule has 2 heterocycles. The average molecular weight is 352 g/mol. The van der Waals surface area contributed by atoms with Gasteiger partial charge in [0.25, 0.3) is 0 Å². The fraction of sp³-hybridized carbons (Fsp3) is 0.381.